The van der Waals surface area contributed by atoms with Gasteiger partial charge in [0.2, 0.25) is 5.88 Å². The average molecular weight is 415 g/mol. The third kappa shape index (κ3) is 4.40. The minimum absolute atomic E-state index is 0.121. The van der Waals surface area contributed by atoms with E-state index in [1.54, 1.807) is 13.4 Å². The fraction of sp³-hybridized carbons (Fsp3) is 0.250. The van der Waals surface area contributed by atoms with Crippen LogP contribution >= 0.6 is 0 Å². The molecule has 4 aromatic rings. The molecule has 7 heteroatoms. The second kappa shape index (κ2) is 8.55. The lowest BCUT2D eigenvalue weighted by molar-refractivity contribution is 0.396. The van der Waals surface area contributed by atoms with E-state index in [1.165, 1.54) is 11.1 Å². The number of nitrogens with one attached hydrogen (secondary N) is 1. The Balaban J connectivity index is 1.58. The van der Waals surface area contributed by atoms with E-state index in [0.717, 1.165) is 22.8 Å². The summed E-state index contributed by atoms with van der Waals surface area (Å²) in [4.78, 5) is 8.91. The molecule has 3 heterocycles. The normalized spacial score (nSPS) is 11.9. The average Bonchev–Trinajstić information content (AvgIpc) is 3.21. The highest BCUT2D eigenvalue weighted by Gasteiger charge is 2.14. The third-order valence-corrected chi connectivity index (χ3v) is 5.20. The van der Waals surface area contributed by atoms with E-state index in [9.17, 15) is 0 Å². The summed E-state index contributed by atoms with van der Waals surface area (Å²) in [5.74, 6) is 1.26. The number of anilines is 1. The molecule has 0 amide bonds. The lowest BCUT2D eigenvalue weighted by Crippen LogP contribution is -2.10. The van der Waals surface area contributed by atoms with Crippen LogP contribution in [0.1, 0.15) is 35.3 Å². The zero-order valence-corrected chi connectivity index (χ0v) is 18.4. The molecule has 0 saturated heterocycles. The summed E-state index contributed by atoms with van der Waals surface area (Å²) in [7, 11) is 1.61. The Bertz CT molecular complexity index is 1200. The SMILES string of the molecule is COc1nc(-c2cc(C)c(N[C@@H](C)c3ccc(C)cc3)nn2)ccc1-n1cnc(C)c1. The number of hydrogen-bond acceptors (Lipinski definition) is 6. The van der Waals surface area contributed by atoms with Gasteiger partial charge in [0, 0.05) is 6.20 Å². The van der Waals surface area contributed by atoms with E-state index < -0.39 is 0 Å². The standard InChI is InChI=1S/C24H26N6O/c1-15-6-8-19(9-7-15)18(4)26-23-16(2)12-21(28-29-23)20-10-11-22(24(27-20)31-5)30-13-17(3)25-14-30/h6-14,18H,1-5H3,(H,26,29)/t18-/m0/s1. The van der Waals surface area contributed by atoms with Gasteiger partial charge in [-0.25, -0.2) is 9.97 Å². The van der Waals surface area contributed by atoms with Crippen LogP contribution in [0, 0.1) is 20.8 Å². The molecule has 7 nitrogen and oxygen atoms in total. The van der Waals surface area contributed by atoms with Crippen LogP contribution in [-0.2, 0) is 0 Å². The number of pyridine rings is 1. The fourth-order valence-electron chi connectivity index (χ4n) is 3.37. The second-order valence-corrected chi connectivity index (χ2v) is 7.69. The minimum Gasteiger partial charge on any atom is -0.479 e. The number of benzene rings is 1. The molecule has 158 valence electrons. The molecule has 0 fully saturated rings. The van der Waals surface area contributed by atoms with Gasteiger partial charge in [0.05, 0.1) is 30.9 Å². The maximum Gasteiger partial charge on any atom is 0.238 e. The van der Waals surface area contributed by atoms with E-state index in [2.05, 4.69) is 63.6 Å². The first-order valence-corrected chi connectivity index (χ1v) is 10.2. The van der Waals surface area contributed by atoms with Crippen LogP contribution in [0.25, 0.3) is 17.1 Å². The molecular weight excluding hydrogens is 388 g/mol. The van der Waals surface area contributed by atoms with Crippen molar-refractivity contribution in [2.75, 3.05) is 12.4 Å². The number of imidazole rings is 1. The van der Waals surface area contributed by atoms with Crippen molar-refractivity contribution in [1.29, 1.82) is 0 Å². The van der Waals surface area contributed by atoms with Crippen LogP contribution in [0.15, 0.2) is 55.0 Å². The molecule has 1 aromatic carbocycles. The largest absolute Gasteiger partial charge is 0.479 e. The monoisotopic (exact) mass is 414 g/mol. The lowest BCUT2D eigenvalue weighted by atomic mass is 10.1. The molecule has 0 spiro atoms. The van der Waals surface area contributed by atoms with Gasteiger partial charge in [-0.05, 0) is 57.0 Å². The van der Waals surface area contributed by atoms with Gasteiger partial charge in [-0.2, -0.15) is 0 Å². The van der Waals surface area contributed by atoms with Gasteiger partial charge in [0.15, 0.2) is 5.82 Å². The lowest BCUT2D eigenvalue weighted by Gasteiger charge is -2.17. The Hall–Kier alpha value is -3.74. The van der Waals surface area contributed by atoms with Crippen LogP contribution < -0.4 is 10.1 Å². The van der Waals surface area contributed by atoms with Gasteiger partial charge in [-0.3, -0.25) is 0 Å². The predicted molar refractivity (Wildman–Crippen MR) is 122 cm³/mol. The van der Waals surface area contributed by atoms with Crippen LogP contribution in [0.5, 0.6) is 5.88 Å². The van der Waals surface area contributed by atoms with Gasteiger partial charge in [0.1, 0.15) is 11.4 Å². The topological polar surface area (TPSA) is 77.8 Å². The van der Waals surface area contributed by atoms with Gasteiger partial charge in [-0.1, -0.05) is 29.8 Å². The predicted octanol–water partition coefficient (Wildman–Crippen LogP) is 4.83. The Morgan fingerprint density at radius 1 is 0.968 bits per heavy atom. The number of methoxy groups -OCH3 is 1. The first-order valence-electron chi connectivity index (χ1n) is 10.2. The third-order valence-electron chi connectivity index (χ3n) is 5.20. The number of rotatable bonds is 6. The Morgan fingerprint density at radius 3 is 2.39 bits per heavy atom. The minimum atomic E-state index is 0.121. The van der Waals surface area contributed by atoms with Crippen molar-refractivity contribution < 1.29 is 4.74 Å². The van der Waals surface area contributed by atoms with Crippen LogP contribution in [0.4, 0.5) is 5.82 Å². The molecule has 0 aliphatic heterocycles. The molecule has 31 heavy (non-hydrogen) atoms. The molecule has 0 unspecified atom stereocenters. The quantitative estimate of drug-likeness (QED) is 0.487. The number of ether oxygens (including phenoxy) is 1. The van der Waals surface area contributed by atoms with Crippen molar-refractivity contribution >= 4 is 5.82 Å². The maximum atomic E-state index is 5.51. The molecule has 1 atom stereocenters. The number of hydrogen-bond donors (Lipinski definition) is 1. The summed E-state index contributed by atoms with van der Waals surface area (Å²) in [6.45, 7) is 8.16. The number of aryl methyl sites for hydroxylation is 3. The van der Waals surface area contributed by atoms with E-state index in [-0.39, 0.29) is 6.04 Å². The molecule has 4 rings (SSSR count). The molecule has 0 saturated carbocycles. The van der Waals surface area contributed by atoms with Crippen LogP contribution in [-0.4, -0.2) is 31.8 Å². The molecule has 3 aromatic heterocycles. The summed E-state index contributed by atoms with van der Waals surface area (Å²) in [6, 6.07) is 14.5. The smallest absolute Gasteiger partial charge is 0.238 e. The van der Waals surface area contributed by atoms with E-state index in [1.807, 2.05) is 42.8 Å². The van der Waals surface area contributed by atoms with Gasteiger partial charge in [0.25, 0.3) is 0 Å². The van der Waals surface area contributed by atoms with Crippen LogP contribution in [0.3, 0.4) is 0 Å². The highest BCUT2D eigenvalue weighted by molar-refractivity contribution is 5.61. The first kappa shape index (κ1) is 20.5. The fourth-order valence-corrected chi connectivity index (χ4v) is 3.37. The molecule has 0 bridgehead atoms. The van der Waals surface area contributed by atoms with Gasteiger partial charge in [-0.15, -0.1) is 10.2 Å². The molecular formula is C24H26N6O. The summed E-state index contributed by atoms with van der Waals surface area (Å²) in [6.07, 6.45) is 3.67. The van der Waals surface area contributed by atoms with Crippen molar-refractivity contribution in [3.8, 4) is 23.0 Å². The molecule has 1 N–H and O–H groups in total. The zero-order valence-electron chi connectivity index (χ0n) is 18.4. The van der Waals surface area contributed by atoms with Gasteiger partial charge >= 0.3 is 0 Å². The molecule has 0 radical (unpaired) electrons. The van der Waals surface area contributed by atoms with Crippen molar-refractivity contribution in [3.63, 3.8) is 0 Å². The Morgan fingerprint density at radius 2 is 1.74 bits per heavy atom. The van der Waals surface area contributed by atoms with E-state index in [4.69, 9.17) is 4.74 Å². The van der Waals surface area contributed by atoms with E-state index >= 15 is 0 Å². The second-order valence-electron chi connectivity index (χ2n) is 7.69. The van der Waals surface area contributed by atoms with Crippen molar-refractivity contribution in [1.82, 2.24) is 24.7 Å². The van der Waals surface area contributed by atoms with E-state index in [0.29, 0.717) is 17.3 Å². The number of aromatic nitrogens is 5. The first-order chi connectivity index (χ1) is 14.9. The highest BCUT2D eigenvalue weighted by atomic mass is 16.5. The van der Waals surface area contributed by atoms with Crippen molar-refractivity contribution in [2.24, 2.45) is 0 Å². The number of nitrogens with zero attached hydrogens (tertiary/aromatic N) is 5. The zero-order chi connectivity index (χ0) is 22.0. The van der Waals surface area contributed by atoms with Gasteiger partial charge < -0.3 is 14.6 Å². The van der Waals surface area contributed by atoms with Crippen molar-refractivity contribution in [2.45, 2.75) is 33.7 Å². The summed E-state index contributed by atoms with van der Waals surface area (Å²) < 4.78 is 7.41. The van der Waals surface area contributed by atoms with Crippen LogP contribution in [0.2, 0.25) is 0 Å². The highest BCUT2D eigenvalue weighted by Crippen LogP contribution is 2.27. The summed E-state index contributed by atoms with van der Waals surface area (Å²) in [5, 5.41) is 12.3. The maximum absolute atomic E-state index is 5.51. The Kier molecular flexibility index (Phi) is 5.66. The van der Waals surface area contributed by atoms with Crippen molar-refractivity contribution in [3.05, 3.63) is 77.4 Å². The summed E-state index contributed by atoms with van der Waals surface area (Å²) >= 11 is 0. The Labute approximate surface area is 182 Å². The molecule has 0 aliphatic rings. The molecule has 0 aliphatic carbocycles. The summed E-state index contributed by atoms with van der Waals surface area (Å²) in [5.41, 5.74) is 6.58.